The molecule has 0 saturated heterocycles. The third-order valence-corrected chi connectivity index (χ3v) is 4.86. The van der Waals surface area contributed by atoms with Gasteiger partial charge >= 0.3 is 0 Å². The van der Waals surface area contributed by atoms with Crippen LogP contribution in [0.1, 0.15) is 21.5 Å². The zero-order valence-corrected chi connectivity index (χ0v) is 14.5. The van der Waals surface area contributed by atoms with Gasteiger partial charge in [-0.25, -0.2) is 8.42 Å². The summed E-state index contributed by atoms with van der Waals surface area (Å²) in [4.78, 5) is 36.7. The number of carbonyl (C=O) groups excluding carboxylic acids is 2. The second-order valence-corrected chi connectivity index (χ2v) is 7.44. The summed E-state index contributed by atoms with van der Waals surface area (Å²) >= 11 is 0. The molecule has 128 valence electrons. The van der Waals surface area contributed by atoms with Crippen molar-refractivity contribution in [1.29, 1.82) is 0 Å². The van der Waals surface area contributed by atoms with Crippen molar-refractivity contribution in [2.24, 2.45) is 7.05 Å². The van der Waals surface area contributed by atoms with Gasteiger partial charge in [-0.05, 0) is 24.6 Å². The molecule has 0 aliphatic rings. The number of rotatable bonds is 5. The number of nitrogens with zero attached hydrogens (tertiary/aromatic N) is 2. The Kier molecular flexibility index (Phi) is 4.48. The standard InChI is InChI=1S/C15H17N3O5S/c1-9-10(14(20)11-7-16-18(3)15(11)21)5-6-12(24(4,22)23)13(9)17(2)8-19/h5-8,16H,1-4H3. The number of ketones is 1. The minimum Gasteiger partial charge on any atom is -0.317 e. The quantitative estimate of drug-likeness (QED) is 0.613. The third kappa shape index (κ3) is 2.90. The maximum absolute atomic E-state index is 12.6. The predicted molar refractivity (Wildman–Crippen MR) is 88.2 cm³/mol. The van der Waals surface area contributed by atoms with Gasteiger partial charge in [0.2, 0.25) is 12.2 Å². The molecular weight excluding hydrogens is 334 g/mol. The fourth-order valence-electron chi connectivity index (χ4n) is 2.48. The number of hydrogen-bond acceptors (Lipinski definition) is 5. The van der Waals surface area contributed by atoms with Gasteiger partial charge in [-0.1, -0.05) is 0 Å². The lowest BCUT2D eigenvalue weighted by Crippen LogP contribution is -2.22. The summed E-state index contributed by atoms with van der Waals surface area (Å²) < 4.78 is 25.1. The van der Waals surface area contributed by atoms with E-state index in [9.17, 15) is 22.8 Å². The molecule has 1 amide bonds. The molecule has 0 unspecified atom stereocenters. The number of aromatic nitrogens is 2. The zero-order chi connectivity index (χ0) is 18.2. The first-order valence-electron chi connectivity index (χ1n) is 6.90. The smallest absolute Gasteiger partial charge is 0.277 e. The van der Waals surface area contributed by atoms with Gasteiger partial charge in [0.15, 0.2) is 9.84 Å². The number of hydrogen-bond donors (Lipinski definition) is 1. The van der Waals surface area contributed by atoms with Crippen LogP contribution in [0.3, 0.4) is 0 Å². The van der Waals surface area contributed by atoms with Crippen molar-refractivity contribution in [2.45, 2.75) is 11.8 Å². The van der Waals surface area contributed by atoms with E-state index in [4.69, 9.17) is 0 Å². The van der Waals surface area contributed by atoms with Crippen LogP contribution in [0.15, 0.2) is 28.0 Å². The Balaban J connectivity index is 2.74. The summed E-state index contributed by atoms with van der Waals surface area (Å²) in [5, 5.41) is 2.61. The van der Waals surface area contributed by atoms with Crippen LogP contribution < -0.4 is 10.5 Å². The van der Waals surface area contributed by atoms with Crippen molar-refractivity contribution < 1.29 is 18.0 Å². The number of nitrogens with one attached hydrogen (secondary N) is 1. The van der Waals surface area contributed by atoms with E-state index >= 15 is 0 Å². The second kappa shape index (κ2) is 6.08. The highest BCUT2D eigenvalue weighted by atomic mass is 32.2. The lowest BCUT2D eigenvalue weighted by Gasteiger charge is -2.19. The largest absolute Gasteiger partial charge is 0.317 e. The zero-order valence-electron chi connectivity index (χ0n) is 13.7. The fourth-order valence-corrected chi connectivity index (χ4v) is 3.45. The van der Waals surface area contributed by atoms with E-state index in [0.29, 0.717) is 12.0 Å². The maximum atomic E-state index is 12.6. The lowest BCUT2D eigenvalue weighted by molar-refractivity contribution is -0.107. The van der Waals surface area contributed by atoms with E-state index in [1.807, 2.05) is 0 Å². The molecule has 0 radical (unpaired) electrons. The molecule has 1 N–H and O–H groups in total. The van der Waals surface area contributed by atoms with Crippen molar-refractivity contribution in [3.05, 3.63) is 45.4 Å². The molecule has 2 aromatic rings. The number of aromatic amines is 1. The topological polar surface area (TPSA) is 109 Å². The third-order valence-electron chi connectivity index (χ3n) is 3.73. The Morgan fingerprint density at radius 2 is 1.92 bits per heavy atom. The van der Waals surface area contributed by atoms with E-state index in [1.54, 1.807) is 0 Å². The van der Waals surface area contributed by atoms with E-state index in [0.717, 1.165) is 15.8 Å². The Bertz CT molecular complexity index is 985. The predicted octanol–water partition coefficient (Wildman–Crippen LogP) is 0.249. The number of benzene rings is 1. The Labute approximate surface area is 138 Å². The first-order chi connectivity index (χ1) is 11.1. The summed E-state index contributed by atoms with van der Waals surface area (Å²) in [5.41, 5.74) is 0.0265. The Morgan fingerprint density at radius 1 is 1.29 bits per heavy atom. The Hall–Kier alpha value is -2.68. The molecule has 9 heteroatoms. The van der Waals surface area contributed by atoms with Crippen molar-refractivity contribution >= 4 is 27.7 Å². The van der Waals surface area contributed by atoms with Gasteiger partial charge < -0.3 is 10.00 Å². The van der Waals surface area contributed by atoms with Gasteiger partial charge in [-0.3, -0.25) is 19.1 Å². The van der Waals surface area contributed by atoms with Gasteiger partial charge in [-0.2, -0.15) is 0 Å². The molecule has 2 rings (SSSR count). The van der Waals surface area contributed by atoms with E-state index in [1.165, 1.54) is 39.3 Å². The highest BCUT2D eigenvalue weighted by Gasteiger charge is 2.24. The van der Waals surface area contributed by atoms with Gasteiger partial charge in [-0.15, -0.1) is 0 Å². The van der Waals surface area contributed by atoms with Gasteiger partial charge in [0.05, 0.1) is 10.6 Å². The molecule has 0 fully saturated rings. The van der Waals surface area contributed by atoms with Crippen molar-refractivity contribution in [1.82, 2.24) is 9.78 Å². The molecule has 1 aromatic carbocycles. The van der Waals surface area contributed by atoms with E-state index in [2.05, 4.69) is 5.10 Å². The molecule has 0 bridgehead atoms. The average Bonchev–Trinajstić information content (AvgIpc) is 2.84. The molecular formula is C15H17N3O5S. The van der Waals surface area contributed by atoms with E-state index in [-0.39, 0.29) is 21.7 Å². The molecule has 0 aliphatic heterocycles. The second-order valence-electron chi connectivity index (χ2n) is 5.45. The monoisotopic (exact) mass is 351 g/mol. The van der Waals surface area contributed by atoms with Crippen LogP contribution in [0.4, 0.5) is 5.69 Å². The first kappa shape index (κ1) is 17.7. The number of H-pyrrole nitrogens is 1. The number of carbonyl (C=O) groups is 2. The van der Waals surface area contributed by atoms with Gasteiger partial charge in [0.1, 0.15) is 5.56 Å². The van der Waals surface area contributed by atoms with Gasteiger partial charge in [0.25, 0.3) is 5.56 Å². The highest BCUT2D eigenvalue weighted by Crippen LogP contribution is 2.31. The summed E-state index contributed by atoms with van der Waals surface area (Å²) in [5.74, 6) is -0.546. The van der Waals surface area contributed by atoms with Crippen LogP contribution in [0.5, 0.6) is 0 Å². The fraction of sp³-hybridized carbons (Fsp3) is 0.267. The SMILES string of the molecule is Cc1c(C(=O)c2c[nH]n(C)c2=O)ccc(S(C)(=O)=O)c1N(C)C=O. The summed E-state index contributed by atoms with van der Waals surface area (Å²) in [6.07, 6.45) is 2.77. The number of aryl methyl sites for hydroxylation is 1. The van der Waals surface area contributed by atoms with Crippen LogP contribution in [-0.4, -0.2) is 43.7 Å². The van der Waals surface area contributed by atoms with Crippen LogP contribution >= 0.6 is 0 Å². The molecule has 1 heterocycles. The number of sulfone groups is 1. The Morgan fingerprint density at radius 3 is 2.38 bits per heavy atom. The molecule has 1 aromatic heterocycles. The van der Waals surface area contributed by atoms with Crippen molar-refractivity contribution in [2.75, 3.05) is 18.2 Å². The minimum atomic E-state index is -3.61. The highest BCUT2D eigenvalue weighted by molar-refractivity contribution is 7.90. The van der Waals surface area contributed by atoms with Gasteiger partial charge in [0, 0.05) is 32.1 Å². The molecule has 0 saturated carbocycles. The minimum absolute atomic E-state index is 0.0619. The number of anilines is 1. The first-order valence-corrected chi connectivity index (χ1v) is 8.79. The molecule has 8 nitrogen and oxygen atoms in total. The number of amides is 1. The molecule has 0 aliphatic carbocycles. The van der Waals surface area contributed by atoms with Crippen LogP contribution in [0, 0.1) is 6.92 Å². The van der Waals surface area contributed by atoms with Crippen LogP contribution in [0.25, 0.3) is 0 Å². The molecule has 0 spiro atoms. The molecule has 24 heavy (non-hydrogen) atoms. The van der Waals surface area contributed by atoms with E-state index < -0.39 is 21.2 Å². The average molecular weight is 351 g/mol. The van der Waals surface area contributed by atoms with Crippen LogP contribution in [0.2, 0.25) is 0 Å². The maximum Gasteiger partial charge on any atom is 0.277 e. The van der Waals surface area contributed by atoms with Crippen LogP contribution in [-0.2, 0) is 21.7 Å². The molecule has 0 atom stereocenters. The van der Waals surface area contributed by atoms with Crippen molar-refractivity contribution in [3.63, 3.8) is 0 Å². The lowest BCUT2D eigenvalue weighted by atomic mass is 9.99. The normalized spacial score (nSPS) is 11.3. The summed E-state index contributed by atoms with van der Waals surface area (Å²) in [7, 11) is -0.733. The van der Waals surface area contributed by atoms with Crippen molar-refractivity contribution in [3.8, 4) is 0 Å². The summed E-state index contributed by atoms with van der Waals surface area (Å²) in [6, 6.07) is 2.62. The summed E-state index contributed by atoms with van der Waals surface area (Å²) in [6.45, 7) is 1.54.